The molecule has 9 nitrogen and oxygen atoms in total. The van der Waals surface area contributed by atoms with Crippen LogP contribution in [0.5, 0.6) is 5.75 Å². The molecule has 0 saturated heterocycles. The van der Waals surface area contributed by atoms with Crippen molar-refractivity contribution in [1.29, 1.82) is 0 Å². The number of hydrogen-bond acceptors (Lipinski definition) is 7. The molecule has 1 aliphatic heterocycles. The van der Waals surface area contributed by atoms with Gasteiger partial charge in [0.2, 0.25) is 0 Å². The van der Waals surface area contributed by atoms with Crippen LogP contribution in [0, 0.1) is 17.8 Å². The fourth-order valence-electron chi connectivity index (χ4n) is 3.51. The Morgan fingerprint density at radius 3 is 2.81 bits per heavy atom. The lowest BCUT2D eigenvalue weighted by molar-refractivity contribution is -0.121. The van der Waals surface area contributed by atoms with Gasteiger partial charge in [0.25, 0.3) is 5.91 Å². The maximum Gasteiger partial charge on any atom is 0.318 e. The first-order chi connectivity index (χ1) is 17.3. The van der Waals surface area contributed by atoms with Gasteiger partial charge in [0.15, 0.2) is 6.04 Å². The number of benzene rings is 1. The molecular weight excluding hydrogens is 458 g/mol. The zero-order valence-corrected chi connectivity index (χ0v) is 21.3. The van der Waals surface area contributed by atoms with E-state index >= 15 is 0 Å². The number of carbonyl (C=O) groups excluding carboxylic acids is 2. The number of fused-ring (bicyclic) bond motifs is 1. The fourth-order valence-corrected chi connectivity index (χ4v) is 3.51. The maximum absolute atomic E-state index is 12.7. The van der Waals surface area contributed by atoms with Crippen LogP contribution in [0.4, 0.5) is 4.79 Å². The van der Waals surface area contributed by atoms with Gasteiger partial charge in [0.1, 0.15) is 12.9 Å². The first kappa shape index (κ1) is 28.2. The molecule has 0 aliphatic carbocycles. The van der Waals surface area contributed by atoms with Crippen molar-refractivity contribution < 1.29 is 19.2 Å². The van der Waals surface area contributed by atoms with Gasteiger partial charge in [-0.05, 0) is 42.5 Å². The van der Waals surface area contributed by atoms with Gasteiger partial charge in [-0.1, -0.05) is 61.7 Å². The quantitative estimate of drug-likeness (QED) is 0.188. The zero-order valence-electron chi connectivity index (χ0n) is 21.3. The van der Waals surface area contributed by atoms with Gasteiger partial charge < -0.3 is 20.3 Å². The van der Waals surface area contributed by atoms with E-state index in [0.29, 0.717) is 24.4 Å². The van der Waals surface area contributed by atoms with Gasteiger partial charge in [-0.25, -0.2) is 10.2 Å². The van der Waals surface area contributed by atoms with Gasteiger partial charge in [0, 0.05) is 11.5 Å². The molecule has 0 radical (unpaired) electrons. The predicted octanol–water partition coefficient (Wildman–Crippen LogP) is 3.49. The maximum atomic E-state index is 12.7. The largest absolute Gasteiger partial charge is 0.497 e. The molecule has 2 unspecified atom stereocenters. The van der Waals surface area contributed by atoms with E-state index in [1.54, 1.807) is 18.3 Å². The van der Waals surface area contributed by atoms with Crippen molar-refractivity contribution in [3.05, 3.63) is 59.7 Å². The third-order valence-electron chi connectivity index (χ3n) is 5.32. The molecule has 2 rings (SSSR count). The highest BCUT2D eigenvalue weighted by Crippen LogP contribution is 2.32. The number of nitrogens with two attached hydrogens (primary N) is 1. The second-order valence-electron chi connectivity index (χ2n) is 8.14. The Balaban J connectivity index is 2.15. The minimum absolute atomic E-state index is 0.151. The minimum Gasteiger partial charge on any atom is -0.497 e. The van der Waals surface area contributed by atoms with Crippen molar-refractivity contribution in [3.8, 4) is 17.6 Å². The number of oxime groups is 1. The van der Waals surface area contributed by atoms with Crippen molar-refractivity contribution in [2.24, 2.45) is 16.8 Å². The fraction of sp³-hybridized carbons (Fsp3) is 0.370. The van der Waals surface area contributed by atoms with Crippen LogP contribution in [0.15, 0.2) is 53.7 Å². The number of hydrazine groups is 1. The van der Waals surface area contributed by atoms with E-state index in [1.807, 2.05) is 44.2 Å². The van der Waals surface area contributed by atoms with Crippen molar-refractivity contribution in [3.63, 3.8) is 0 Å². The van der Waals surface area contributed by atoms with Gasteiger partial charge >= 0.3 is 6.03 Å². The highest BCUT2D eigenvalue weighted by atomic mass is 16.6. The van der Waals surface area contributed by atoms with Gasteiger partial charge in [0.05, 0.1) is 25.6 Å². The van der Waals surface area contributed by atoms with E-state index in [1.165, 1.54) is 7.11 Å². The van der Waals surface area contributed by atoms with E-state index in [-0.39, 0.29) is 5.92 Å². The molecule has 3 amide bonds. The Kier molecular flexibility index (Phi) is 11.3. The number of nitrogens with one attached hydrogen (secondary N) is 2. The third kappa shape index (κ3) is 8.64. The average molecular weight is 494 g/mol. The summed E-state index contributed by atoms with van der Waals surface area (Å²) >= 11 is 0. The number of urea groups is 1. The molecule has 4 N–H and O–H groups in total. The molecule has 1 aliphatic rings. The number of rotatable bonds is 11. The molecule has 36 heavy (non-hydrogen) atoms. The third-order valence-corrected chi connectivity index (χ3v) is 5.32. The number of primary amides is 1. The molecule has 0 bridgehead atoms. The van der Waals surface area contributed by atoms with Crippen LogP contribution >= 0.6 is 0 Å². The summed E-state index contributed by atoms with van der Waals surface area (Å²) in [6.07, 6.45) is 10.1. The number of methoxy groups -OCH3 is 1. The molecular formula is C27H35N5O4. The van der Waals surface area contributed by atoms with Crippen LogP contribution in [0.1, 0.15) is 44.2 Å². The number of amides is 3. The summed E-state index contributed by atoms with van der Waals surface area (Å²) in [7, 11) is 3.11. The van der Waals surface area contributed by atoms with Gasteiger partial charge in [-0.2, -0.15) is 0 Å². The summed E-state index contributed by atoms with van der Waals surface area (Å²) in [5, 5.41) is 7.61. The lowest BCUT2D eigenvalue weighted by atomic mass is 10.1. The Hall–Kier alpha value is -4.03. The molecule has 0 saturated carbocycles. The second-order valence-corrected chi connectivity index (χ2v) is 8.14. The van der Waals surface area contributed by atoms with Crippen LogP contribution in [0.25, 0.3) is 5.70 Å². The van der Waals surface area contributed by atoms with E-state index in [9.17, 15) is 9.59 Å². The summed E-state index contributed by atoms with van der Waals surface area (Å²) < 4.78 is 5.30. The van der Waals surface area contributed by atoms with Crippen LogP contribution in [-0.2, 0) is 16.2 Å². The van der Waals surface area contributed by atoms with Crippen LogP contribution < -0.4 is 21.2 Å². The lowest BCUT2D eigenvalue weighted by Crippen LogP contribution is -2.51. The monoisotopic (exact) mass is 493 g/mol. The number of nitrogens with zero attached hydrogens (tertiary/aromatic N) is 2. The highest BCUT2D eigenvalue weighted by molar-refractivity contribution is 5.98. The van der Waals surface area contributed by atoms with Crippen LogP contribution in [0.2, 0.25) is 0 Å². The van der Waals surface area contributed by atoms with E-state index in [4.69, 9.17) is 15.3 Å². The topological polar surface area (TPSA) is 118 Å². The van der Waals surface area contributed by atoms with Gasteiger partial charge in [-0.15, -0.1) is 0 Å². The SMILES string of the molecule is C=C1c2cc(OC)ccc2CN1NC(C#C/C(=C/CC)CC/C=C\C(C)/C=N\OC)C(=O)NC(N)=O. The molecule has 0 fully saturated rings. The molecule has 9 heteroatoms. The molecule has 1 aromatic rings. The first-order valence-electron chi connectivity index (χ1n) is 11.7. The predicted molar refractivity (Wildman–Crippen MR) is 141 cm³/mol. The van der Waals surface area contributed by atoms with E-state index in [2.05, 4.69) is 40.4 Å². The lowest BCUT2D eigenvalue weighted by Gasteiger charge is -2.24. The number of carbonyl (C=O) groups is 2. The second kappa shape index (κ2) is 14.4. The number of imide groups is 1. The highest BCUT2D eigenvalue weighted by Gasteiger charge is 2.27. The normalized spacial score (nSPS) is 14.8. The molecule has 0 aromatic heterocycles. The average Bonchev–Trinajstić information content (AvgIpc) is 3.16. The van der Waals surface area contributed by atoms with E-state index in [0.717, 1.165) is 29.5 Å². The number of allylic oxidation sites excluding steroid dienone is 4. The smallest absolute Gasteiger partial charge is 0.318 e. The number of ether oxygens (including phenoxy) is 1. The Labute approximate surface area is 213 Å². The molecule has 0 spiro atoms. The standard InChI is InChI=1S/C27H35N5O4/c1-6-9-21(11-8-7-10-19(2)17-29-36-5)12-15-25(26(33)30-27(28)34)31-32-18-22-13-14-23(35-4)16-24(22)20(32)3/h7,9-10,13-14,16-17,19,25,31H,3,6,8,11,18H2,1-2,4-5H3,(H3,28,30,33,34)/b10-7-,21-9+,29-17-. The first-order valence-corrected chi connectivity index (χ1v) is 11.7. The summed E-state index contributed by atoms with van der Waals surface area (Å²) in [6, 6.07) is 3.74. The summed E-state index contributed by atoms with van der Waals surface area (Å²) in [6.45, 7) is 8.65. The van der Waals surface area contributed by atoms with Crippen LogP contribution in [-0.4, -0.2) is 43.4 Å². The summed E-state index contributed by atoms with van der Waals surface area (Å²) in [5.74, 6) is 6.29. The zero-order chi connectivity index (χ0) is 26.5. The van der Waals surface area contributed by atoms with E-state index < -0.39 is 18.0 Å². The Bertz CT molecular complexity index is 1100. The van der Waals surface area contributed by atoms with Crippen molar-refractivity contribution in [1.82, 2.24) is 15.8 Å². The Morgan fingerprint density at radius 2 is 2.14 bits per heavy atom. The molecule has 2 atom stereocenters. The molecule has 1 aromatic carbocycles. The summed E-state index contributed by atoms with van der Waals surface area (Å²) in [4.78, 5) is 28.7. The Morgan fingerprint density at radius 1 is 1.36 bits per heavy atom. The summed E-state index contributed by atoms with van der Waals surface area (Å²) in [5.41, 5.74) is 11.8. The van der Waals surface area contributed by atoms with Crippen LogP contribution in [0.3, 0.4) is 0 Å². The molecule has 1 heterocycles. The van der Waals surface area contributed by atoms with Crippen molar-refractivity contribution >= 4 is 23.8 Å². The minimum atomic E-state index is -1.02. The molecule has 192 valence electrons. The number of hydrogen-bond donors (Lipinski definition) is 3. The van der Waals surface area contributed by atoms with Crippen molar-refractivity contribution in [2.75, 3.05) is 14.2 Å². The van der Waals surface area contributed by atoms with Gasteiger partial charge in [-0.3, -0.25) is 10.1 Å². The van der Waals surface area contributed by atoms with Crippen molar-refractivity contribution in [2.45, 2.75) is 45.7 Å².